The number of rotatable bonds is 5. The number of aldehydes is 1. The molecule has 1 aromatic carbocycles. The number of benzene rings is 1. The van der Waals surface area contributed by atoms with Crippen LogP contribution in [0.5, 0.6) is 0 Å². The first-order valence-electron chi connectivity index (χ1n) is 9.15. The Morgan fingerprint density at radius 3 is 2.60 bits per heavy atom. The zero-order chi connectivity index (χ0) is 18.0. The maximum atomic E-state index is 12.5. The van der Waals surface area contributed by atoms with Crippen LogP contribution >= 0.6 is 0 Å². The molecular formula is C20H28N2O3. The van der Waals surface area contributed by atoms with Crippen LogP contribution in [0.25, 0.3) is 0 Å². The first-order chi connectivity index (χ1) is 11.9. The summed E-state index contributed by atoms with van der Waals surface area (Å²) in [6.07, 6.45) is 2.93. The molecule has 5 nitrogen and oxygen atoms in total. The van der Waals surface area contributed by atoms with Crippen molar-refractivity contribution in [3.63, 3.8) is 0 Å². The number of anilines is 1. The number of aliphatic hydroxyl groups excluding tert-OH is 1. The van der Waals surface area contributed by atoms with Gasteiger partial charge in [-0.2, -0.15) is 0 Å². The predicted octanol–water partition coefficient (Wildman–Crippen LogP) is 2.33. The van der Waals surface area contributed by atoms with Gasteiger partial charge in [-0.15, -0.1) is 0 Å². The van der Waals surface area contributed by atoms with E-state index in [1.807, 2.05) is 29.2 Å². The highest BCUT2D eigenvalue weighted by molar-refractivity contribution is 5.77. The second kappa shape index (κ2) is 7.16. The van der Waals surface area contributed by atoms with Crippen LogP contribution in [0.15, 0.2) is 24.3 Å². The molecule has 5 heteroatoms. The number of hydrogen-bond donors (Lipinski definition) is 1. The third-order valence-electron chi connectivity index (χ3n) is 5.68. The molecular weight excluding hydrogens is 316 g/mol. The Hall–Kier alpha value is -1.88. The Morgan fingerprint density at radius 1 is 1.24 bits per heavy atom. The Balaban J connectivity index is 1.84. The Bertz CT molecular complexity index is 626. The molecule has 3 saturated heterocycles. The molecule has 4 rings (SSSR count). The average molecular weight is 344 g/mol. The van der Waals surface area contributed by atoms with E-state index in [2.05, 4.69) is 18.7 Å². The normalized spacial score (nSPS) is 24.9. The third kappa shape index (κ3) is 3.71. The number of piperidine rings is 1. The van der Waals surface area contributed by atoms with Gasteiger partial charge in [-0.05, 0) is 48.4 Å². The van der Waals surface area contributed by atoms with E-state index in [4.69, 9.17) is 5.11 Å². The molecule has 25 heavy (non-hydrogen) atoms. The van der Waals surface area contributed by atoms with Gasteiger partial charge in [-0.25, -0.2) is 0 Å². The lowest BCUT2D eigenvalue weighted by molar-refractivity contribution is -0.131. The smallest absolute Gasteiger partial charge is 0.222 e. The molecule has 2 bridgehead atoms. The van der Waals surface area contributed by atoms with E-state index in [0.717, 1.165) is 38.0 Å². The van der Waals surface area contributed by atoms with Gasteiger partial charge in [0.15, 0.2) is 0 Å². The van der Waals surface area contributed by atoms with Gasteiger partial charge in [0.2, 0.25) is 5.91 Å². The second-order valence-corrected chi connectivity index (χ2v) is 8.06. The molecule has 0 aliphatic carbocycles. The first kappa shape index (κ1) is 17.9. The van der Waals surface area contributed by atoms with Crippen molar-refractivity contribution in [3.05, 3.63) is 29.8 Å². The summed E-state index contributed by atoms with van der Waals surface area (Å²) in [6.45, 7) is 7.11. The Labute approximate surface area is 149 Å². The molecule has 2 atom stereocenters. The number of carbonyl (C=O) groups is 2. The molecule has 3 fully saturated rings. The van der Waals surface area contributed by atoms with Gasteiger partial charge in [0.1, 0.15) is 6.29 Å². The van der Waals surface area contributed by atoms with Crippen LogP contribution in [0.4, 0.5) is 5.69 Å². The summed E-state index contributed by atoms with van der Waals surface area (Å²) >= 11 is 0. The van der Waals surface area contributed by atoms with Crippen molar-refractivity contribution in [3.8, 4) is 0 Å². The molecule has 1 aromatic rings. The predicted molar refractivity (Wildman–Crippen MR) is 97.8 cm³/mol. The number of hydrogen-bond acceptors (Lipinski definition) is 4. The Kier molecular flexibility index (Phi) is 5.13. The molecule has 0 aromatic heterocycles. The summed E-state index contributed by atoms with van der Waals surface area (Å²) in [5.41, 5.74) is 1.93. The standard InChI is InChI=1S/C20H28N2O3/c1-20(2)10-16-11-21(19(25)4-3-9-23)13-18(20)22(12-16)17-7-5-15(14-24)6-8-17/h5-8,14,16,18,23H,3-4,9-13H2,1-2H3. The van der Waals surface area contributed by atoms with Crippen LogP contribution in [0.2, 0.25) is 0 Å². The topological polar surface area (TPSA) is 60.9 Å². The van der Waals surface area contributed by atoms with Crippen LogP contribution < -0.4 is 4.90 Å². The lowest BCUT2D eigenvalue weighted by atomic mass is 9.73. The van der Waals surface area contributed by atoms with Gasteiger partial charge in [-0.1, -0.05) is 13.8 Å². The molecule has 1 amide bonds. The lowest BCUT2D eigenvalue weighted by Gasteiger charge is -2.48. The van der Waals surface area contributed by atoms with Crippen molar-refractivity contribution in [1.29, 1.82) is 0 Å². The second-order valence-electron chi connectivity index (χ2n) is 8.06. The fourth-order valence-corrected chi connectivity index (χ4v) is 4.46. The number of carbonyl (C=O) groups excluding carboxylic acids is 2. The SMILES string of the molecule is CC1(C)CC2CN(C(=O)CCCO)CC1N(c1ccc(C=O)cc1)C2. The van der Waals surface area contributed by atoms with E-state index in [1.54, 1.807) is 0 Å². The van der Waals surface area contributed by atoms with E-state index >= 15 is 0 Å². The molecule has 2 unspecified atom stereocenters. The van der Waals surface area contributed by atoms with Gasteiger partial charge < -0.3 is 14.9 Å². The van der Waals surface area contributed by atoms with E-state index in [9.17, 15) is 9.59 Å². The molecule has 3 aliphatic rings. The maximum absolute atomic E-state index is 12.5. The van der Waals surface area contributed by atoms with E-state index in [-0.39, 0.29) is 24.0 Å². The number of amides is 1. The molecule has 136 valence electrons. The summed E-state index contributed by atoms with van der Waals surface area (Å²) in [7, 11) is 0. The highest BCUT2D eigenvalue weighted by atomic mass is 16.3. The van der Waals surface area contributed by atoms with Crippen LogP contribution in [0, 0.1) is 11.3 Å². The minimum Gasteiger partial charge on any atom is -0.396 e. The van der Waals surface area contributed by atoms with Crippen LogP contribution in [-0.2, 0) is 4.79 Å². The minimum atomic E-state index is 0.0626. The maximum Gasteiger partial charge on any atom is 0.222 e. The third-order valence-corrected chi connectivity index (χ3v) is 5.68. The zero-order valence-corrected chi connectivity index (χ0v) is 15.1. The van der Waals surface area contributed by atoms with Gasteiger partial charge in [0.25, 0.3) is 0 Å². The van der Waals surface area contributed by atoms with E-state index in [1.165, 1.54) is 0 Å². The van der Waals surface area contributed by atoms with Crippen LogP contribution in [-0.4, -0.2) is 54.5 Å². The van der Waals surface area contributed by atoms with Crippen molar-refractivity contribution in [2.75, 3.05) is 31.1 Å². The van der Waals surface area contributed by atoms with Crippen LogP contribution in [0.1, 0.15) is 43.5 Å². The highest BCUT2D eigenvalue weighted by Gasteiger charge is 2.46. The van der Waals surface area contributed by atoms with Gasteiger partial charge >= 0.3 is 0 Å². The summed E-state index contributed by atoms with van der Waals surface area (Å²) in [5.74, 6) is 0.595. The quantitative estimate of drug-likeness (QED) is 0.833. The number of aliphatic hydroxyl groups is 1. The number of nitrogens with zero attached hydrogens (tertiary/aromatic N) is 2. The lowest BCUT2D eigenvalue weighted by Crippen LogP contribution is -2.54. The van der Waals surface area contributed by atoms with Crippen molar-refractivity contribution in [2.45, 2.75) is 39.2 Å². The summed E-state index contributed by atoms with van der Waals surface area (Å²) < 4.78 is 0. The largest absolute Gasteiger partial charge is 0.396 e. The summed E-state index contributed by atoms with van der Waals surface area (Å²) in [5, 5.41) is 9.00. The Morgan fingerprint density at radius 2 is 1.96 bits per heavy atom. The summed E-state index contributed by atoms with van der Waals surface area (Å²) in [4.78, 5) is 27.9. The van der Waals surface area contributed by atoms with E-state index in [0.29, 0.717) is 24.3 Å². The van der Waals surface area contributed by atoms with Gasteiger partial charge in [0.05, 0.1) is 6.04 Å². The molecule has 0 radical (unpaired) electrons. The first-order valence-corrected chi connectivity index (χ1v) is 9.15. The fourth-order valence-electron chi connectivity index (χ4n) is 4.46. The van der Waals surface area contributed by atoms with Crippen molar-refractivity contribution in [2.24, 2.45) is 11.3 Å². The van der Waals surface area contributed by atoms with E-state index < -0.39 is 0 Å². The molecule has 3 heterocycles. The molecule has 1 N–H and O–H groups in total. The van der Waals surface area contributed by atoms with Gasteiger partial charge in [-0.3, -0.25) is 9.59 Å². The monoisotopic (exact) mass is 344 g/mol. The highest BCUT2D eigenvalue weighted by Crippen LogP contribution is 2.43. The van der Waals surface area contributed by atoms with Gasteiger partial charge in [0, 0.05) is 43.9 Å². The van der Waals surface area contributed by atoms with Crippen LogP contribution in [0.3, 0.4) is 0 Å². The molecule has 0 saturated carbocycles. The minimum absolute atomic E-state index is 0.0626. The number of fused-ring (bicyclic) bond motifs is 4. The summed E-state index contributed by atoms with van der Waals surface area (Å²) in [6, 6.07) is 8.00. The molecule has 0 spiro atoms. The average Bonchev–Trinajstić information content (AvgIpc) is 2.86. The zero-order valence-electron chi connectivity index (χ0n) is 15.1. The van der Waals surface area contributed by atoms with Crippen molar-refractivity contribution >= 4 is 17.9 Å². The molecule has 3 aliphatic heterocycles. The fraction of sp³-hybridized carbons (Fsp3) is 0.600. The van der Waals surface area contributed by atoms with Crippen molar-refractivity contribution in [1.82, 2.24) is 4.90 Å². The van der Waals surface area contributed by atoms with Crippen molar-refractivity contribution < 1.29 is 14.7 Å².